The molecule has 1 aromatic rings. The predicted octanol–water partition coefficient (Wildman–Crippen LogP) is 3.02. The lowest BCUT2D eigenvalue weighted by molar-refractivity contribution is 0.0153. The second kappa shape index (κ2) is 7.61. The number of ether oxygens (including phenoxy) is 1. The summed E-state index contributed by atoms with van der Waals surface area (Å²) in [6.45, 7) is -0.439. The van der Waals surface area contributed by atoms with Gasteiger partial charge in [0, 0.05) is 17.7 Å². The van der Waals surface area contributed by atoms with Gasteiger partial charge >= 0.3 is 0 Å². The zero-order chi connectivity index (χ0) is 13.5. The Morgan fingerprint density at radius 3 is 2.72 bits per heavy atom. The van der Waals surface area contributed by atoms with Crippen molar-refractivity contribution in [3.05, 3.63) is 34.6 Å². The lowest BCUT2D eigenvalue weighted by Crippen LogP contribution is -2.25. The summed E-state index contributed by atoms with van der Waals surface area (Å²) in [4.78, 5) is 0. The SMILES string of the molecule is NC(CCOCC(F)F)Cc1cc(F)ccc1Cl. The van der Waals surface area contributed by atoms with E-state index in [4.69, 9.17) is 22.1 Å². The minimum absolute atomic E-state index is 0.151. The Morgan fingerprint density at radius 1 is 1.33 bits per heavy atom. The molecule has 0 aromatic heterocycles. The van der Waals surface area contributed by atoms with Crippen LogP contribution in [0.1, 0.15) is 12.0 Å². The largest absolute Gasteiger partial charge is 0.375 e. The maximum absolute atomic E-state index is 13.0. The monoisotopic (exact) mass is 281 g/mol. The van der Waals surface area contributed by atoms with E-state index in [-0.39, 0.29) is 18.5 Å². The van der Waals surface area contributed by atoms with Crippen LogP contribution in [0.4, 0.5) is 13.2 Å². The van der Waals surface area contributed by atoms with Crippen LogP contribution in [-0.4, -0.2) is 25.7 Å². The molecule has 0 aliphatic heterocycles. The van der Waals surface area contributed by atoms with Gasteiger partial charge in [0.25, 0.3) is 6.43 Å². The molecule has 1 atom stereocenters. The molecule has 0 heterocycles. The normalized spacial score (nSPS) is 13.0. The fourth-order valence-corrected chi connectivity index (χ4v) is 1.69. The van der Waals surface area contributed by atoms with Crippen molar-refractivity contribution in [3.63, 3.8) is 0 Å². The molecule has 18 heavy (non-hydrogen) atoms. The highest BCUT2D eigenvalue weighted by molar-refractivity contribution is 6.31. The molecular formula is C12H15ClF3NO. The average Bonchev–Trinajstić information content (AvgIpc) is 2.29. The van der Waals surface area contributed by atoms with Crippen LogP contribution in [0.5, 0.6) is 0 Å². The number of benzene rings is 1. The van der Waals surface area contributed by atoms with E-state index >= 15 is 0 Å². The zero-order valence-electron chi connectivity index (χ0n) is 9.71. The smallest absolute Gasteiger partial charge is 0.261 e. The summed E-state index contributed by atoms with van der Waals surface area (Å²) >= 11 is 5.89. The number of nitrogens with two attached hydrogens (primary N) is 1. The lowest BCUT2D eigenvalue weighted by atomic mass is 10.0. The van der Waals surface area contributed by atoms with Gasteiger partial charge in [-0.1, -0.05) is 11.6 Å². The number of hydrogen-bond donors (Lipinski definition) is 1. The topological polar surface area (TPSA) is 35.2 Å². The third-order valence-electron chi connectivity index (χ3n) is 2.37. The molecule has 0 spiro atoms. The van der Waals surface area contributed by atoms with Crippen molar-refractivity contribution in [2.75, 3.05) is 13.2 Å². The number of rotatable bonds is 7. The van der Waals surface area contributed by atoms with E-state index in [9.17, 15) is 13.2 Å². The van der Waals surface area contributed by atoms with Gasteiger partial charge < -0.3 is 10.5 Å². The summed E-state index contributed by atoms with van der Waals surface area (Å²) in [5.41, 5.74) is 6.40. The number of hydrogen-bond acceptors (Lipinski definition) is 2. The van der Waals surface area contributed by atoms with E-state index in [1.807, 2.05) is 0 Å². The van der Waals surface area contributed by atoms with Crippen LogP contribution >= 0.6 is 11.6 Å². The van der Waals surface area contributed by atoms with Crippen molar-refractivity contribution in [3.8, 4) is 0 Å². The number of alkyl halides is 2. The summed E-state index contributed by atoms with van der Waals surface area (Å²) in [6.07, 6.45) is -1.67. The van der Waals surface area contributed by atoms with Crippen LogP contribution in [0.25, 0.3) is 0 Å². The minimum atomic E-state index is -2.47. The van der Waals surface area contributed by atoms with Gasteiger partial charge in [0.2, 0.25) is 0 Å². The molecule has 0 bridgehead atoms. The van der Waals surface area contributed by atoms with Gasteiger partial charge in [0.1, 0.15) is 12.4 Å². The molecule has 0 fully saturated rings. The first-order valence-electron chi connectivity index (χ1n) is 5.54. The minimum Gasteiger partial charge on any atom is -0.375 e. The third kappa shape index (κ3) is 5.71. The summed E-state index contributed by atoms with van der Waals surface area (Å²) in [7, 11) is 0. The van der Waals surface area contributed by atoms with E-state index in [0.717, 1.165) is 0 Å². The Labute approximate surface area is 109 Å². The fraction of sp³-hybridized carbons (Fsp3) is 0.500. The van der Waals surface area contributed by atoms with E-state index in [1.54, 1.807) is 0 Å². The zero-order valence-corrected chi connectivity index (χ0v) is 10.5. The maximum atomic E-state index is 13.0. The second-order valence-corrected chi connectivity index (χ2v) is 4.36. The molecule has 2 N–H and O–H groups in total. The first kappa shape index (κ1) is 15.3. The van der Waals surface area contributed by atoms with Crippen LogP contribution in [0, 0.1) is 5.82 Å². The van der Waals surface area contributed by atoms with Crippen LogP contribution < -0.4 is 5.73 Å². The van der Waals surface area contributed by atoms with Gasteiger partial charge in [-0.05, 0) is 36.6 Å². The van der Waals surface area contributed by atoms with Gasteiger partial charge in [-0.3, -0.25) is 0 Å². The van der Waals surface area contributed by atoms with E-state index < -0.39 is 13.0 Å². The molecule has 0 aliphatic rings. The standard InChI is InChI=1S/C12H15ClF3NO/c13-11-2-1-9(14)5-8(11)6-10(17)3-4-18-7-12(15)16/h1-2,5,10,12H,3-4,6-7,17H2. The summed E-state index contributed by atoms with van der Waals surface area (Å²) in [6, 6.07) is 3.75. The van der Waals surface area contributed by atoms with Crippen LogP contribution in [0.15, 0.2) is 18.2 Å². The van der Waals surface area contributed by atoms with Gasteiger partial charge in [0.15, 0.2) is 0 Å². The molecule has 0 aliphatic carbocycles. The molecule has 6 heteroatoms. The van der Waals surface area contributed by atoms with Crippen LogP contribution in [-0.2, 0) is 11.2 Å². The van der Waals surface area contributed by atoms with Crippen molar-refractivity contribution in [1.82, 2.24) is 0 Å². The van der Waals surface area contributed by atoms with Gasteiger partial charge in [-0.2, -0.15) is 0 Å². The van der Waals surface area contributed by atoms with E-state index in [0.29, 0.717) is 23.4 Å². The first-order valence-corrected chi connectivity index (χ1v) is 5.92. The molecule has 0 amide bonds. The van der Waals surface area contributed by atoms with Crippen molar-refractivity contribution >= 4 is 11.6 Å². The molecule has 102 valence electrons. The Hall–Kier alpha value is -0.780. The van der Waals surface area contributed by atoms with Gasteiger partial charge in [-0.25, -0.2) is 13.2 Å². The number of halogens is 4. The van der Waals surface area contributed by atoms with Crippen molar-refractivity contribution in [2.45, 2.75) is 25.3 Å². The molecular weight excluding hydrogens is 267 g/mol. The second-order valence-electron chi connectivity index (χ2n) is 3.95. The highest BCUT2D eigenvalue weighted by Gasteiger charge is 2.09. The molecule has 1 aromatic carbocycles. The third-order valence-corrected chi connectivity index (χ3v) is 2.74. The molecule has 0 saturated carbocycles. The lowest BCUT2D eigenvalue weighted by Gasteiger charge is -2.13. The summed E-state index contributed by atoms with van der Waals surface area (Å²) in [5, 5.41) is 0.445. The summed E-state index contributed by atoms with van der Waals surface area (Å²) < 4.78 is 41.3. The van der Waals surface area contributed by atoms with Gasteiger partial charge in [-0.15, -0.1) is 0 Å². The van der Waals surface area contributed by atoms with Crippen molar-refractivity contribution in [1.29, 1.82) is 0 Å². The van der Waals surface area contributed by atoms with Crippen molar-refractivity contribution < 1.29 is 17.9 Å². The predicted molar refractivity (Wildman–Crippen MR) is 64.5 cm³/mol. The molecule has 0 radical (unpaired) electrons. The highest BCUT2D eigenvalue weighted by Crippen LogP contribution is 2.18. The summed E-state index contributed by atoms with van der Waals surface area (Å²) in [5.74, 6) is -0.379. The van der Waals surface area contributed by atoms with E-state index in [2.05, 4.69) is 0 Å². The average molecular weight is 282 g/mol. The Kier molecular flexibility index (Phi) is 6.46. The van der Waals surface area contributed by atoms with Gasteiger partial charge in [0.05, 0.1) is 0 Å². The quantitative estimate of drug-likeness (QED) is 0.780. The molecule has 1 unspecified atom stereocenters. The first-order chi connectivity index (χ1) is 8.49. The van der Waals surface area contributed by atoms with Crippen molar-refractivity contribution in [2.24, 2.45) is 5.73 Å². The van der Waals surface area contributed by atoms with Crippen LogP contribution in [0.3, 0.4) is 0 Å². The Bertz CT molecular complexity index is 376. The molecule has 2 nitrogen and oxygen atoms in total. The Balaban J connectivity index is 2.35. The molecule has 0 saturated heterocycles. The molecule has 1 rings (SSSR count). The fourth-order valence-electron chi connectivity index (χ4n) is 1.49. The maximum Gasteiger partial charge on any atom is 0.261 e. The highest BCUT2D eigenvalue weighted by atomic mass is 35.5. The van der Waals surface area contributed by atoms with Crippen LogP contribution in [0.2, 0.25) is 5.02 Å². The van der Waals surface area contributed by atoms with E-state index in [1.165, 1.54) is 18.2 Å². The Morgan fingerprint density at radius 2 is 2.06 bits per heavy atom.